The van der Waals surface area contributed by atoms with Crippen molar-refractivity contribution in [2.75, 3.05) is 33.4 Å². The smallest absolute Gasteiger partial charge is 0.0736 e. The van der Waals surface area contributed by atoms with Gasteiger partial charge in [-0.25, -0.2) is 0 Å². The molecule has 0 aromatic carbocycles. The number of thiophene rings is 1. The molecule has 0 saturated carbocycles. The molecule has 3 heterocycles. The predicted molar refractivity (Wildman–Crippen MR) is 86.9 cm³/mol. The van der Waals surface area contributed by atoms with Gasteiger partial charge in [-0.2, -0.15) is 0 Å². The third-order valence-electron chi connectivity index (χ3n) is 5.15. The molecule has 118 valence electrons. The van der Waals surface area contributed by atoms with Crippen molar-refractivity contribution >= 4 is 11.3 Å². The molecular weight excluding hydrogens is 282 g/mol. The number of ether oxygens (including phenoxy) is 2. The number of likely N-dealkylation sites (tertiary alicyclic amines) is 1. The van der Waals surface area contributed by atoms with E-state index in [-0.39, 0.29) is 5.60 Å². The molecule has 1 spiro atoms. The van der Waals surface area contributed by atoms with Gasteiger partial charge in [-0.3, -0.25) is 4.90 Å². The maximum absolute atomic E-state index is 6.21. The van der Waals surface area contributed by atoms with Crippen LogP contribution in [0.2, 0.25) is 0 Å². The molecule has 4 heteroatoms. The van der Waals surface area contributed by atoms with Crippen LogP contribution < -0.4 is 0 Å². The molecule has 0 bridgehead atoms. The van der Waals surface area contributed by atoms with E-state index in [9.17, 15) is 0 Å². The van der Waals surface area contributed by atoms with Gasteiger partial charge in [0.15, 0.2) is 0 Å². The first-order valence-electron chi connectivity index (χ1n) is 8.12. The fourth-order valence-corrected chi connectivity index (χ4v) is 4.82. The van der Waals surface area contributed by atoms with E-state index in [1.54, 1.807) is 7.11 Å². The van der Waals surface area contributed by atoms with Gasteiger partial charge in [-0.15, -0.1) is 11.3 Å². The molecule has 1 aromatic heterocycles. The molecule has 3 nitrogen and oxygen atoms in total. The van der Waals surface area contributed by atoms with Gasteiger partial charge in [0.2, 0.25) is 0 Å². The van der Waals surface area contributed by atoms with E-state index in [2.05, 4.69) is 24.0 Å². The van der Waals surface area contributed by atoms with E-state index in [0.717, 1.165) is 26.2 Å². The van der Waals surface area contributed by atoms with Crippen LogP contribution in [0.15, 0.2) is 12.1 Å². The molecule has 2 aliphatic heterocycles. The summed E-state index contributed by atoms with van der Waals surface area (Å²) in [5.41, 5.74) is 0.153. The van der Waals surface area contributed by atoms with Gasteiger partial charge >= 0.3 is 0 Å². The number of rotatable bonds is 5. The van der Waals surface area contributed by atoms with Gasteiger partial charge in [0.25, 0.3) is 0 Å². The highest BCUT2D eigenvalue weighted by Gasteiger charge is 2.45. The summed E-state index contributed by atoms with van der Waals surface area (Å²) >= 11 is 1.93. The van der Waals surface area contributed by atoms with Crippen molar-refractivity contribution in [3.05, 3.63) is 21.9 Å². The Balaban J connectivity index is 1.54. The van der Waals surface area contributed by atoms with Crippen molar-refractivity contribution in [1.29, 1.82) is 0 Å². The Morgan fingerprint density at radius 2 is 2.19 bits per heavy atom. The van der Waals surface area contributed by atoms with Gasteiger partial charge in [-0.1, -0.05) is 0 Å². The van der Waals surface area contributed by atoms with Crippen molar-refractivity contribution in [3.8, 4) is 0 Å². The average Bonchev–Trinajstić information content (AvgIpc) is 3.06. The summed E-state index contributed by atoms with van der Waals surface area (Å²) in [4.78, 5) is 5.50. The van der Waals surface area contributed by atoms with Gasteiger partial charge in [-0.05, 0) is 50.7 Å². The third kappa shape index (κ3) is 3.50. The van der Waals surface area contributed by atoms with Crippen LogP contribution in [-0.2, 0) is 16.0 Å². The quantitative estimate of drug-likeness (QED) is 0.831. The van der Waals surface area contributed by atoms with E-state index in [1.165, 1.54) is 42.1 Å². The first-order valence-corrected chi connectivity index (χ1v) is 8.94. The lowest BCUT2D eigenvalue weighted by atomic mass is 9.78. The maximum atomic E-state index is 6.21. The van der Waals surface area contributed by atoms with Gasteiger partial charge in [0.1, 0.15) is 0 Å². The molecule has 3 rings (SSSR count). The van der Waals surface area contributed by atoms with Crippen LogP contribution in [0.3, 0.4) is 0 Å². The Morgan fingerprint density at radius 1 is 1.38 bits per heavy atom. The molecule has 1 aromatic rings. The van der Waals surface area contributed by atoms with Crippen LogP contribution in [0.5, 0.6) is 0 Å². The summed E-state index contributed by atoms with van der Waals surface area (Å²) in [6.45, 7) is 7.44. The van der Waals surface area contributed by atoms with Gasteiger partial charge in [0, 0.05) is 49.7 Å². The minimum atomic E-state index is 0.153. The van der Waals surface area contributed by atoms with E-state index in [0.29, 0.717) is 5.92 Å². The Labute approximate surface area is 132 Å². The second-order valence-corrected chi connectivity index (χ2v) is 7.84. The molecule has 2 saturated heterocycles. The number of piperidine rings is 1. The second kappa shape index (κ2) is 6.78. The van der Waals surface area contributed by atoms with E-state index in [4.69, 9.17) is 9.47 Å². The van der Waals surface area contributed by atoms with Crippen LogP contribution >= 0.6 is 11.3 Å². The van der Waals surface area contributed by atoms with Crippen molar-refractivity contribution in [3.63, 3.8) is 0 Å². The van der Waals surface area contributed by atoms with Gasteiger partial charge < -0.3 is 9.47 Å². The van der Waals surface area contributed by atoms with E-state index >= 15 is 0 Å². The predicted octanol–water partition coefficient (Wildman–Crippen LogP) is 3.46. The summed E-state index contributed by atoms with van der Waals surface area (Å²) in [6, 6.07) is 4.50. The van der Waals surface area contributed by atoms with Crippen LogP contribution in [0.1, 0.15) is 35.4 Å². The molecule has 1 atom stereocenters. The molecule has 0 amide bonds. The molecular formula is C17H27NO2S. The average molecular weight is 309 g/mol. The highest BCUT2D eigenvalue weighted by Crippen LogP contribution is 2.42. The van der Waals surface area contributed by atoms with Crippen LogP contribution in [-0.4, -0.2) is 43.9 Å². The lowest BCUT2D eigenvalue weighted by Crippen LogP contribution is -2.47. The largest absolute Gasteiger partial charge is 0.385 e. The van der Waals surface area contributed by atoms with Crippen LogP contribution in [0.25, 0.3) is 0 Å². The molecule has 0 radical (unpaired) electrons. The van der Waals surface area contributed by atoms with E-state index < -0.39 is 0 Å². The zero-order valence-electron chi connectivity index (χ0n) is 13.3. The zero-order chi connectivity index (χ0) is 14.7. The maximum Gasteiger partial charge on any atom is 0.0736 e. The number of hydrogen-bond donors (Lipinski definition) is 0. The fourth-order valence-electron chi connectivity index (χ4n) is 3.89. The molecule has 2 aliphatic rings. The summed E-state index contributed by atoms with van der Waals surface area (Å²) in [5.74, 6) is 0.698. The highest BCUT2D eigenvalue weighted by atomic mass is 32.1. The standard InChI is InChI=1S/C17H27NO2S/c1-14-3-4-16(21-14)13-18-9-7-17(8-10-18)15(5-11-19-2)6-12-20-17/h3-4,15H,5-13H2,1-2H3/t15-/m0/s1. The molecule has 21 heavy (non-hydrogen) atoms. The van der Waals surface area contributed by atoms with Crippen LogP contribution in [0.4, 0.5) is 0 Å². The molecule has 2 fully saturated rings. The van der Waals surface area contributed by atoms with Crippen molar-refractivity contribution in [2.45, 2.75) is 44.8 Å². The zero-order valence-corrected chi connectivity index (χ0v) is 14.1. The Bertz CT molecular complexity index is 451. The molecule has 0 N–H and O–H groups in total. The SMILES string of the molecule is COCC[C@H]1CCOC12CCN(Cc1ccc(C)s1)CC2. The molecule has 0 aliphatic carbocycles. The van der Waals surface area contributed by atoms with Gasteiger partial charge in [0.05, 0.1) is 5.60 Å². The summed E-state index contributed by atoms with van der Waals surface area (Å²) in [7, 11) is 1.80. The topological polar surface area (TPSA) is 21.7 Å². The first-order chi connectivity index (χ1) is 10.2. The number of nitrogens with zero attached hydrogens (tertiary/aromatic N) is 1. The Kier molecular flexibility index (Phi) is 4.99. The fraction of sp³-hybridized carbons (Fsp3) is 0.765. The van der Waals surface area contributed by atoms with Crippen LogP contribution in [0, 0.1) is 12.8 Å². The summed E-state index contributed by atoms with van der Waals surface area (Å²) in [5, 5.41) is 0. The third-order valence-corrected chi connectivity index (χ3v) is 6.13. The summed E-state index contributed by atoms with van der Waals surface area (Å²) < 4.78 is 11.5. The van der Waals surface area contributed by atoms with E-state index in [1.807, 2.05) is 11.3 Å². The minimum absolute atomic E-state index is 0.153. The monoisotopic (exact) mass is 309 g/mol. The van der Waals surface area contributed by atoms with Crippen molar-refractivity contribution in [1.82, 2.24) is 4.90 Å². The number of methoxy groups -OCH3 is 1. The first kappa shape index (κ1) is 15.5. The lowest BCUT2D eigenvalue weighted by molar-refractivity contribution is -0.0719. The van der Waals surface area contributed by atoms with Crippen molar-refractivity contribution in [2.24, 2.45) is 5.92 Å². The number of aryl methyl sites for hydroxylation is 1. The molecule has 0 unspecified atom stereocenters. The van der Waals surface area contributed by atoms with Crippen molar-refractivity contribution < 1.29 is 9.47 Å². The minimum Gasteiger partial charge on any atom is -0.385 e. The highest BCUT2D eigenvalue weighted by molar-refractivity contribution is 7.11. The Hall–Kier alpha value is -0.420. The normalized spacial score (nSPS) is 25.7. The summed E-state index contributed by atoms with van der Waals surface area (Å²) in [6.07, 6.45) is 4.74. The second-order valence-electron chi connectivity index (χ2n) is 6.47. The number of hydrogen-bond acceptors (Lipinski definition) is 4. The lowest BCUT2D eigenvalue weighted by Gasteiger charge is -2.42. The Morgan fingerprint density at radius 3 is 2.86 bits per heavy atom.